The van der Waals surface area contributed by atoms with Gasteiger partial charge in [-0.25, -0.2) is 0 Å². The van der Waals surface area contributed by atoms with Gasteiger partial charge in [-0.2, -0.15) is 0 Å². The van der Waals surface area contributed by atoms with Gasteiger partial charge >= 0.3 is 11.8 Å². The normalized spacial score (nSPS) is 21.0. The predicted octanol–water partition coefficient (Wildman–Crippen LogP) is 2.01. The fourth-order valence-corrected chi connectivity index (χ4v) is 2.81. The van der Waals surface area contributed by atoms with Crippen LogP contribution >= 0.6 is 0 Å². The number of benzene rings is 1. The van der Waals surface area contributed by atoms with E-state index in [9.17, 15) is 9.59 Å². The van der Waals surface area contributed by atoms with Crippen LogP contribution in [-0.4, -0.2) is 25.0 Å². The highest BCUT2D eigenvalue weighted by Gasteiger charge is 2.25. The maximum absolute atomic E-state index is 12.0. The maximum Gasteiger partial charge on any atom is 0.309 e. The van der Waals surface area contributed by atoms with E-state index in [2.05, 4.69) is 17.6 Å². The van der Waals surface area contributed by atoms with Crippen molar-refractivity contribution >= 4 is 11.8 Å². The van der Waals surface area contributed by atoms with Crippen molar-refractivity contribution in [1.82, 2.24) is 10.6 Å². The van der Waals surface area contributed by atoms with Crippen LogP contribution < -0.4 is 15.4 Å². The Kier molecular flexibility index (Phi) is 5.81. The van der Waals surface area contributed by atoms with Crippen molar-refractivity contribution in [3.05, 3.63) is 29.8 Å². The van der Waals surface area contributed by atoms with Crippen molar-refractivity contribution in [2.24, 2.45) is 5.92 Å². The van der Waals surface area contributed by atoms with Crippen LogP contribution in [-0.2, 0) is 16.1 Å². The summed E-state index contributed by atoms with van der Waals surface area (Å²) >= 11 is 0. The Labute approximate surface area is 131 Å². The number of ether oxygens (including phenoxy) is 1. The Bertz CT molecular complexity index is 530. The molecular formula is C17H24N2O3. The second kappa shape index (κ2) is 7.82. The van der Waals surface area contributed by atoms with Gasteiger partial charge in [-0.3, -0.25) is 9.59 Å². The summed E-state index contributed by atoms with van der Waals surface area (Å²) in [5, 5.41) is 5.50. The lowest BCUT2D eigenvalue weighted by atomic mass is 9.86. The number of methoxy groups -OCH3 is 1. The Morgan fingerprint density at radius 3 is 2.73 bits per heavy atom. The lowest BCUT2D eigenvalue weighted by Crippen LogP contribution is -2.47. The third kappa shape index (κ3) is 4.48. The van der Waals surface area contributed by atoms with Crippen molar-refractivity contribution in [2.75, 3.05) is 7.11 Å². The summed E-state index contributed by atoms with van der Waals surface area (Å²) in [4.78, 5) is 23.9. The third-order valence-electron chi connectivity index (χ3n) is 4.22. The number of hydrogen-bond donors (Lipinski definition) is 2. The molecule has 2 amide bonds. The number of hydrogen-bond acceptors (Lipinski definition) is 3. The highest BCUT2D eigenvalue weighted by Crippen LogP contribution is 2.23. The number of rotatable bonds is 4. The molecule has 1 aromatic rings. The monoisotopic (exact) mass is 304 g/mol. The van der Waals surface area contributed by atoms with Gasteiger partial charge in [0, 0.05) is 12.6 Å². The highest BCUT2D eigenvalue weighted by molar-refractivity contribution is 6.35. The van der Waals surface area contributed by atoms with Gasteiger partial charge in [0.2, 0.25) is 0 Å². The molecule has 1 fully saturated rings. The van der Waals surface area contributed by atoms with Crippen LogP contribution in [0.3, 0.4) is 0 Å². The molecule has 0 aromatic heterocycles. The summed E-state index contributed by atoms with van der Waals surface area (Å²) < 4.78 is 5.13. The highest BCUT2D eigenvalue weighted by atomic mass is 16.5. The molecule has 22 heavy (non-hydrogen) atoms. The van der Waals surface area contributed by atoms with Crippen molar-refractivity contribution in [3.8, 4) is 5.75 Å². The molecule has 120 valence electrons. The molecule has 0 heterocycles. The smallest absolute Gasteiger partial charge is 0.309 e. The molecule has 0 bridgehead atoms. The average molecular weight is 304 g/mol. The zero-order valence-corrected chi connectivity index (χ0v) is 13.2. The quantitative estimate of drug-likeness (QED) is 0.836. The van der Waals surface area contributed by atoms with Gasteiger partial charge in [0.15, 0.2) is 0 Å². The standard InChI is InChI=1S/C17H24N2O3/c1-12-6-3-4-9-15(12)19-17(21)16(20)18-11-13-7-5-8-14(10-13)22-2/h5,7-8,10,12,15H,3-4,6,9,11H2,1-2H3,(H,18,20)(H,19,21)/t12-,15+/m1/s1. The van der Waals surface area contributed by atoms with E-state index in [0.29, 0.717) is 12.5 Å². The van der Waals surface area contributed by atoms with Gasteiger partial charge in [0.1, 0.15) is 5.75 Å². The second-order valence-electron chi connectivity index (χ2n) is 5.88. The van der Waals surface area contributed by atoms with E-state index in [0.717, 1.165) is 30.6 Å². The van der Waals surface area contributed by atoms with Gasteiger partial charge < -0.3 is 15.4 Å². The lowest BCUT2D eigenvalue weighted by molar-refractivity contribution is -0.140. The van der Waals surface area contributed by atoms with E-state index in [1.807, 2.05) is 24.3 Å². The molecule has 2 atom stereocenters. The molecule has 0 radical (unpaired) electrons. The summed E-state index contributed by atoms with van der Waals surface area (Å²) in [6, 6.07) is 7.52. The zero-order valence-electron chi connectivity index (χ0n) is 13.2. The molecule has 5 nitrogen and oxygen atoms in total. The van der Waals surface area contributed by atoms with Crippen LogP contribution in [0.15, 0.2) is 24.3 Å². The fourth-order valence-electron chi connectivity index (χ4n) is 2.81. The molecule has 1 aliphatic rings. The maximum atomic E-state index is 12.0. The van der Waals surface area contributed by atoms with Crippen LogP contribution in [0.2, 0.25) is 0 Å². The predicted molar refractivity (Wildman–Crippen MR) is 84.4 cm³/mol. The number of carbonyl (C=O) groups is 2. The third-order valence-corrected chi connectivity index (χ3v) is 4.22. The first-order valence-electron chi connectivity index (χ1n) is 7.81. The van der Waals surface area contributed by atoms with Gasteiger partial charge in [0.05, 0.1) is 7.11 Å². The summed E-state index contributed by atoms with van der Waals surface area (Å²) in [5.41, 5.74) is 0.895. The Morgan fingerprint density at radius 2 is 2.00 bits per heavy atom. The van der Waals surface area contributed by atoms with Crippen molar-refractivity contribution < 1.29 is 14.3 Å². The zero-order chi connectivity index (χ0) is 15.9. The van der Waals surface area contributed by atoms with Crippen LogP contribution in [0.25, 0.3) is 0 Å². The summed E-state index contributed by atoms with van der Waals surface area (Å²) in [7, 11) is 1.59. The minimum Gasteiger partial charge on any atom is -0.497 e. The Morgan fingerprint density at radius 1 is 1.23 bits per heavy atom. The van der Waals surface area contributed by atoms with Gasteiger partial charge in [-0.1, -0.05) is 31.9 Å². The van der Waals surface area contributed by atoms with E-state index >= 15 is 0 Å². The topological polar surface area (TPSA) is 67.4 Å². The number of carbonyl (C=O) groups excluding carboxylic acids is 2. The van der Waals surface area contributed by atoms with E-state index in [1.165, 1.54) is 6.42 Å². The first kappa shape index (κ1) is 16.3. The number of nitrogens with one attached hydrogen (secondary N) is 2. The minimum absolute atomic E-state index is 0.115. The Balaban J connectivity index is 1.82. The molecule has 0 aliphatic heterocycles. The van der Waals surface area contributed by atoms with Crippen LogP contribution in [0.4, 0.5) is 0 Å². The molecule has 1 aromatic carbocycles. The first-order valence-corrected chi connectivity index (χ1v) is 7.81. The Hall–Kier alpha value is -2.04. The summed E-state index contributed by atoms with van der Waals surface area (Å²) in [6.07, 6.45) is 4.38. The molecule has 1 aliphatic carbocycles. The molecule has 2 rings (SSSR count). The van der Waals surface area contributed by atoms with Crippen molar-refractivity contribution in [1.29, 1.82) is 0 Å². The minimum atomic E-state index is -0.583. The summed E-state index contributed by atoms with van der Waals surface area (Å²) in [5.74, 6) is 0.0401. The van der Waals surface area contributed by atoms with E-state index in [1.54, 1.807) is 7.11 Å². The largest absolute Gasteiger partial charge is 0.497 e. The van der Waals surface area contributed by atoms with Gasteiger partial charge in [-0.15, -0.1) is 0 Å². The van der Waals surface area contributed by atoms with E-state index in [-0.39, 0.29) is 6.04 Å². The molecule has 0 saturated heterocycles. The van der Waals surface area contributed by atoms with E-state index in [4.69, 9.17) is 4.74 Å². The lowest BCUT2D eigenvalue weighted by Gasteiger charge is -2.29. The molecule has 2 N–H and O–H groups in total. The molecular weight excluding hydrogens is 280 g/mol. The second-order valence-corrected chi connectivity index (χ2v) is 5.88. The molecule has 1 saturated carbocycles. The average Bonchev–Trinajstić information content (AvgIpc) is 2.54. The van der Waals surface area contributed by atoms with Crippen LogP contribution in [0.1, 0.15) is 38.2 Å². The van der Waals surface area contributed by atoms with Crippen LogP contribution in [0, 0.1) is 5.92 Å². The number of amides is 2. The van der Waals surface area contributed by atoms with Gasteiger partial charge in [-0.05, 0) is 36.5 Å². The molecule has 5 heteroatoms. The molecule has 0 spiro atoms. The first-order chi connectivity index (χ1) is 10.6. The van der Waals surface area contributed by atoms with E-state index < -0.39 is 11.8 Å². The SMILES string of the molecule is COc1cccc(CNC(=O)C(=O)N[C@H]2CCCC[C@H]2C)c1. The van der Waals surface area contributed by atoms with Crippen molar-refractivity contribution in [3.63, 3.8) is 0 Å². The fraction of sp³-hybridized carbons (Fsp3) is 0.529. The van der Waals surface area contributed by atoms with Crippen LogP contribution in [0.5, 0.6) is 5.75 Å². The van der Waals surface area contributed by atoms with Gasteiger partial charge in [0.25, 0.3) is 0 Å². The summed E-state index contributed by atoms with van der Waals surface area (Å²) in [6.45, 7) is 2.43. The molecule has 0 unspecified atom stereocenters. The van der Waals surface area contributed by atoms with Crippen molar-refractivity contribution in [2.45, 2.75) is 45.2 Å².